The molecular formula is C16H21N3O2. The third kappa shape index (κ3) is 3.70. The van der Waals surface area contributed by atoms with E-state index < -0.39 is 0 Å². The van der Waals surface area contributed by atoms with E-state index in [1.807, 2.05) is 45.2 Å². The van der Waals surface area contributed by atoms with Crippen molar-refractivity contribution >= 4 is 0 Å². The average molecular weight is 287 g/mol. The molecule has 0 fully saturated rings. The minimum absolute atomic E-state index is 0.00233. The lowest BCUT2D eigenvalue weighted by molar-refractivity contribution is 0.239. The maximum absolute atomic E-state index is 11.6. The van der Waals surface area contributed by atoms with Crippen molar-refractivity contribution in [2.24, 2.45) is 0 Å². The lowest BCUT2D eigenvalue weighted by Gasteiger charge is -2.24. The summed E-state index contributed by atoms with van der Waals surface area (Å²) in [4.78, 5) is 20.9. The summed E-state index contributed by atoms with van der Waals surface area (Å²) in [5, 5.41) is 0. The molecule has 0 bridgehead atoms. The van der Waals surface area contributed by atoms with Gasteiger partial charge in [-0.15, -0.1) is 0 Å². The fraction of sp³-hybridized carbons (Fsp3) is 0.375. The van der Waals surface area contributed by atoms with Gasteiger partial charge in [-0.2, -0.15) is 0 Å². The largest absolute Gasteiger partial charge is 0.496 e. The molecule has 0 saturated heterocycles. The zero-order valence-corrected chi connectivity index (χ0v) is 12.9. The molecule has 0 spiro atoms. The first-order valence-corrected chi connectivity index (χ1v) is 6.91. The zero-order valence-electron chi connectivity index (χ0n) is 12.9. The standard InChI is InChI=1S/C16H21N3O2/c1-11-9-15(20)18-16(17-11)12(2)19(3)10-13-7-5-6-8-14(13)21-4/h5-9,12H,10H2,1-4H3,(H,17,18,20)/t12-/m1/s1. The number of benzene rings is 1. The Bertz CT molecular complexity index is 667. The Morgan fingerprint density at radius 2 is 2.10 bits per heavy atom. The van der Waals surface area contributed by atoms with Crippen LogP contribution in [-0.4, -0.2) is 29.0 Å². The predicted octanol–water partition coefficient (Wildman–Crippen LogP) is 2.28. The van der Waals surface area contributed by atoms with Gasteiger partial charge in [0.2, 0.25) is 0 Å². The SMILES string of the molecule is COc1ccccc1CN(C)[C@H](C)c1nc(C)cc(=O)[nH]1. The molecular weight excluding hydrogens is 266 g/mol. The molecule has 0 amide bonds. The van der Waals surface area contributed by atoms with Crippen molar-refractivity contribution in [1.29, 1.82) is 0 Å². The molecule has 0 aliphatic carbocycles. The summed E-state index contributed by atoms with van der Waals surface area (Å²) in [6.45, 7) is 4.56. The Labute approximate surface area is 124 Å². The smallest absolute Gasteiger partial charge is 0.251 e. The number of hydrogen-bond acceptors (Lipinski definition) is 4. The van der Waals surface area contributed by atoms with Crippen molar-refractivity contribution in [3.8, 4) is 5.75 Å². The summed E-state index contributed by atoms with van der Waals surface area (Å²) in [6, 6.07) is 9.42. The van der Waals surface area contributed by atoms with E-state index in [1.165, 1.54) is 6.07 Å². The van der Waals surface area contributed by atoms with Crippen molar-refractivity contribution in [2.45, 2.75) is 26.4 Å². The summed E-state index contributed by atoms with van der Waals surface area (Å²) >= 11 is 0. The van der Waals surface area contributed by atoms with Crippen molar-refractivity contribution in [1.82, 2.24) is 14.9 Å². The van der Waals surface area contributed by atoms with Crippen molar-refractivity contribution in [2.75, 3.05) is 14.2 Å². The Kier molecular flexibility index (Phi) is 4.75. The fourth-order valence-electron chi connectivity index (χ4n) is 2.25. The van der Waals surface area contributed by atoms with E-state index in [0.29, 0.717) is 12.4 Å². The highest BCUT2D eigenvalue weighted by Crippen LogP contribution is 2.22. The molecule has 2 rings (SSSR count). The van der Waals surface area contributed by atoms with Crippen LogP contribution < -0.4 is 10.3 Å². The number of aryl methyl sites for hydroxylation is 1. The maximum atomic E-state index is 11.6. The molecule has 5 nitrogen and oxygen atoms in total. The van der Waals surface area contributed by atoms with Gasteiger partial charge in [-0.25, -0.2) is 4.98 Å². The molecule has 5 heteroatoms. The van der Waals surface area contributed by atoms with E-state index in [-0.39, 0.29) is 11.6 Å². The lowest BCUT2D eigenvalue weighted by Crippen LogP contribution is -2.26. The van der Waals surface area contributed by atoms with Crippen molar-refractivity contribution in [3.63, 3.8) is 0 Å². The van der Waals surface area contributed by atoms with Crippen LogP contribution in [0.15, 0.2) is 35.1 Å². The van der Waals surface area contributed by atoms with Crippen molar-refractivity contribution < 1.29 is 4.74 Å². The molecule has 21 heavy (non-hydrogen) atoms. The van der Waals surface area contributed by atoms with Gasteiger partial charge in [0.05, 0.1) is 13.2 Å². The molecule has 0 aliphatic rings. The molecule has 0 unspecified atom stereocenters. The highest BCUT2D eigenvalue weighted by atomic mass is 16.5. The van der Waals surface area contributed by atoms with E-state index in [9.17, 15) is 4.79 Å². The van der Waals surface area contributed by atoms with Crippen LogP contribution in [-0.2, 0) is 6.54 Å². The van der Waals surface area contributed by atoms with Gasteiger partial charge in [0, 0.05) is 23.9 Å². The molecule has 0 saturated carbocycles. The number of aromatic amines is 1. The number of hydrogen-bond donors (Lipinski definition) is 1. The summed E-state index contributed by atoms with van der Waals surface area (Å²) in [6.07, 6.45) is 0. The lowest BCUT2D eigenvalue weighted by atomic mass is 10.1. The fourth-order valence-corrected chi connectivity index (χ4v) is 2.25. The van der Waals surface area contributed by atoms with Crippen LogP contribution in [0.4, 0.5) is 0 Å². The number of nitrogens with one attached hydrogen (secondary N) is 1. The van der Waals surface area contributed by atoms with Crippen LogP contribution in [0, 0.1) is 6.92 Å². The van der Waals surface area contributed by atoms with E-state index in [0.717, 1.165) is 17.0 Å². The van der Waals surface area contributed by atoms with Gasteiger partial charge in [0.15, 0.2) is 0 Å². The Morgan fingerprint density at radius 1 is 1.38 bits per heavy atom. The second-order valence-corrected chi connectivity index (χ2v) is 5.17. The van der Waals surface area contributed by atoms with Gasteiger partial charge in [0.25, 0.3) is 5.56 Å². The van der Waals surface area contributed by atoms with Crippen LogP contribution in [0.5, 0.6) is 5.75 Å². The van der Waals surface area contributed by atoms with Crippen LogP contribution in [0.1, 0.15) is 30.0 Å². The maximum Gasteiger partial charge on any atom is 0.251 e. The number of methoxy groups -OCH3 is 1. The second kappa shape index (κ2) is 6.54. The third-order valence-electron chi connectivity index (χ3n) is 3.56. The van der Waals surface area contributed by atoms with E-state index in [2.05, 4.69) is 14.9 Å². The van der Waals surface area contributed by atoms with Gasteiger partial charge < -0.3 is 9.72 Å². The number of ether oxygens (including phenoxy) is 1. The molecule has 1 aromatic carbocycles. The Morgan fingerprint density at radius 3 is 2.76 bits per heavy atom. The number of nitrogens with zero attached hydrogens (tertiary/aromatic N) is 2. The highest BCUT2D eigenvalue weighted by molar-refractivity contribution is 5.33. The first kappa shape index (κ1) is 15.3. The first-order valence-electron chi connectivity index (χ1n) is 6.91. The van der Waals surface area contributed by atoms with E-state index >= 15 is 0 Å². The second-order valence-electron chi connectivity index (χ2n) is 5.17. The number of aromatic nitrogens is 2. The molecule has 1 N–H and O–H groups in total. The van der Waals surface area contributed by atoms with Crippen LogP contribution in [0.2, 0.25) is 0 Å². The Balaban J connectivity index is 2.19. The van der Waals surface area contributed by atoms with E-state index in [4.69, 9.17) is 4.74 Å². The molecule has 1 heterocycles. The summed E-state index contributed by atoms with van der Waals surface area (Å²) in [5.74, 6) is 1.54. The summed E-state index contributed by atoms with van der Waals surface area (Å²) in [5.41, 5.74) is 1.71. The topological polar surface area (TPSA) is 58.2 Å². The molecule has 1 aromatic heterocycles. The predicted molar refractivity (Wildman–Crippen MR) is 82.5 cm³/mol. The number of rotatable bonds is 5. The Hall–Kier alpha value is -2.14. The molecule has 112 valence electrons. The minimum Gasteiger partial charge on any atom is -0.496 e. The van der Waals surface area contributed by atoms with Crippen LogP contribution in [0.3, 0.4) is 0 Å². The third-order valence-corrected chi connectivity index (χ3v) is 3.56. The highest BCUT2D eigenvalue weighted by Gasteiger charge is 2.16. The summed E-state index contributed by atoms with van der Waals surface area (Å²) < 4.78 is 5.37. The van der Waals surface area contributed by atoms with Gasteiger partial charge >= 0.3 is 0 Å². The first-order chi connectivity index (χ1) is 10.0. The van der Waals surface area contributed by atoms with Crippen LogP contribution in [0.25, 0.3) is 0 Å². The zero-order chi connectivity index (χ0) is 15.4. The van der Waals surface area contributed by atoms with Gasteiger partial charge in [-0.3, -0.25) is 9.69 Å². The molecule has 2 aromatic rings. The van der Waals surface area contributed by atoms with Crippen LogP contribution >= 0.6 is 0 Å². The van der Waals surface area contributed by atoms with Gasteiger partial charge in [-0.05, 0) is 27.0 Å². The number of para-hydroxylation sites is 1. The minimum atomic E-state index is -0.116. The quantitative estimate of drug-likeness (QED) is 0.916. The normalized spacial score (nSPS) is 12.4. The van der Waals surface area contributed by atoms with Gasteiger partial charge in [0.1, 0.15) is 11.6 Å². The molecule has 0 aliphatic heterocycles. The van der Waals surface area contributed by atoms with E-state index in [1.54, 1.807) is 7.11 Å². The van der Waals surface area contributed by atoms with Gasteiger partial charge in [-0.1, -0.05) is 18.2 Å². The monoisotopic (exact) mass is 287 g/mol. The van der Waals surface area contributed by atoms with Crippen molar-refractivity contribution in [3.05, 3.63) is 57.8 Å². The number of H-pyrrole nitrogens is 1. The molecule has 1 atom stereocenters. The molecule has 0 radical (unpaired) electrons. The average Bonchev–Trinajstić information content (AvgIpc) is 2.46. The summed E-state index contributed by atoms with van der Waals surface area (Å²) in [7, 11) is 3.67.